The molecule has 0 fully saturated rings. The fourth-order valence-electron chi connectivity index (χ4n) is 1.80. The molecule has 0 spiro atoms. The molecule has 0 heterocycles. The molecule has 0 bridgehead atoms. The largest absolute Gasteiger partial charge is 0.508 e. The zero-order valence-electron chi connectivity index (χ0n) is 24.7. The summed E-state index contributed by atoms with van der Waals surface area (Å²) in [5.74, 6) is 0.764. The molecule has 0 radical (unpaired) electrons. The highest BCUT2D eigenvalue weighted by molar-refractivity contribution is 7.80. The van der Waals surface area contributed by atoms with Gasteiger partial charge in [0.15, 0.2) is 0 Å². The molecule has 2 aromatic rings. The lowest BCUT2D eigenvalue weighted by atomic mass is 10.1. The Morgan fingerprint density at radius 2 is 1.29 bits per heavy atom. The summed E-state index contributed by atoms with van der Waals surface area (Å²) in [6.07, 6.45) is 4.70. The van der Waals surface area contributed by atoms with Gasteiger partial charge >= 0.3 is 5.97 Å². The Morgan fingerprint density at radius 3 is 1.47 bits per heavy atom. The predicted molar refractivity (Wildman–Crippen MR) is 171 cm³/mol. The molecule has 4 N–H and O–H groups in total. The maximum absolute atomic E-state index is 10.1. The second-order valence-electron chi connectivity index (χ2n) is 7.72. The Bertz CT molecular complexity index is 755. The van der Waals surface area contributed by atoms with E-state index in [1.807, 2.05) is 57.2 Å². The van der Waals surface area contributed by atoms with Crippen molar-refractivity contribution < 1.29 is 26.3 Å². The molecular weight excluding hydrogens is 518 g/mol. The number of carboxylic acids is 1. The van der Waals surface area contributed by atoms with E-state index in [1.165, 1.54) is 12.0 Å². The number of hydrogen-bond acceptors (Lipinski definition) is 6. The third kappa shape index (κ3) is 33.8. The molecule has 2 rings (SSSR count). The van der Waals surface area contributed by atoms with E-state index in [1.54, 1.807) is 27.0 Å². The monoisotopic (exact) mass is 573 g/mol. The number of carbonyl (C=O) groups excluding carboxylic acids is 1. The first-order valence-electron chi connectivity index (χ1n) is 13.2. The zero-order valence-corrected chi connectivity index (χ0v) is 26.5. The van der Waals surface area contributed by atoms with E-state index in [-0.39, 0.29) is 19.9 Å². The summed E-state index contributed by atoms with van der Waals surface area (Å²) in [4.78, 5) is 20.5. The summed E-state index contributed by atoms with van der Waals surface area (Å²) in [5, 5.41) is 27.7. The number of amides is 1. The van der Waals surface area contributed by atoms with Crippen LogP contribution >= 0.6 is 25.3 Å². The zero-order chi connectivity index (χ0) is 30.4. The van der Waals surface area contributed by atoms with Gasteiger partial charge in [-0.2, -0.15) is 12.6 Å². The van der Waals surface area contributed by atoms with E-state index in [4.69, 9.17) is 15.3 Å². The van der Waals surface area contributed by atoms with Crippen LogP contribution in [0.5, 0.6) is 5.75 Å². The highest BCUT2D eigenvalue weighted by atomic mass is 32.1. The van der Waals surface area contributed by atoms with Crippen LogP contribution in [-0.2, 0) is 22.4 Å². The molecule has 0 aliphatic rings. The number of phenolic OH excluding ortho intramolecular Hbond substituents is 1. The van der Waals surface area contributed by atoms with Crippen molar-refractivity contribution in [2.75, 3.05) is 12.8 Å². The molecule has 1 atom stereocenters. The number of thiol groups is 2. The van der Waals surface area contributed by atoms with Crippen LogP contribution in [-0.4, -0.2) is 46.1 Å². The minimum Gasteiger partial charge on any atom is -0.508 e. The van der Waals surface area contributed by atoms with E-state index in [0.717, 1.165) is 35.5 Å². The first-order chi connectivity index (χ1) is 17.9. The number of para-hydroxylation sites is 1. The summed E-state index contributed by atoms with van der Waals surface area (Å²) in [6.45, 7) is 13.4. The molecular formula is C30H55NO5S2. The summed E-state index contributed by atoms with van der Waals surface area (Å²) in [7, 11) is 1.63. The molecule has 6 nitrogen and oxygen atoms in total. The number of carbonyl (C=O) groups is 2. The molecule has 0 aromatic heterocycles. The van der Waals surface area contributed by atoms with Gasteiger partial charge in [-0.1, -0.05) is 77.9 Å². The maximum atomic E-state index is 10.1. The number of aliphatic carboxylic acids is 1. The molecule has 8 heteroatoms. The van der Waals surface area contributed by atoms with Crippen molar-refractivity contribution in [3.8, 4) is 5.75 Å². The molecule has 222 valence electrons. The number of aryl methyl sites for hydroxylation is 2. The maximum Gasteiger partial charge on any atom is 0.303 e. The summed E-state index contributed by atoms with van der Waals surface area (Å²) < 4.78 is 0. The topological polar surface area (TPSA) is 107 Å². The van der Waals surface area contributed by atoms with Crippen molar-refractivity contribution in [3.05, 3.63) is 59.7 Å². The normalized spacial score (nSPS) is 9.45. The average molecular weight is 574 g/mol. The van der Waals surface area contributed by atoms with Crippen LogP contribution in [0.4, 0.5) is 0 Å². The van der Waals surface area contributed by atoms with Crippen molar-refractivity contribution >= 4 is 37.1 Å². The fraction of sp³-hybridized carbons (Fsp3) is 0.533. The second-order valence-corrected chi connectivity index (χ2v) is 8.65. The molecule has 0 aliphatic carbocycles. The van der Waals surface area contributed by atoms with Crippen LogP contribution in [0, 0.1) is 0 Å². The Labute approximate surface area is 244 Å². The van der Waals surface area contributed by atoms with Crippen molar-refractivity contribution in [1.82, 2.24) is 5.32 Å². The smallest absolute Gasteiger partial charge is 0.303 e. The number of rotatable bonds is 6. The van der Waals surface area contributed by atoms with Gasteiger partial charge in [-0.05, 0) is 61.6 Å². The first-order valence-corrected chi connectivity index (χ1v) is 14.3. The molecule has 0 saturated heterocycles. The Balaban J connectivity index is -0.000000122. The van der Waals surface area contributed by atoms with Crippen LogP contribution in [0.3, 0.4) is 0 Å². The van der Waals surface area contributed by atoms with Gasteiger partial charge in [0.1, 0.15) is 5.75 Å². The molecule has 1 amide bonds. The lowest BCUT2D eigenvalue weighted by Gasteiger charge is -1.97. The highest BCUT2D eigenvalue weighted by Crippen LogP contribution is 2.15. The van der Waals surface area contributed by atoms with Crippen LogP contribution in [0.25, 0.3) is 0 Å². The number of phenols is 1. The SMILES string of the molecule is CCC(=O)NC.CCC(=O)O.CCC(C)O.CCCS.CCc1ccccc1O.CCc1ccccc1S.[HH]. The van der Waals surface area contributed by atoms with Gasteiger partial charge in [0.2, 0.25) is 5.91 Å². The number of benzene rings is 2. The average Bonchev–Trinajstić information content (AvgIpc) is 2.94. The van der Waals surface area contributed by atoms with Crippen molar-refractivity contribution in [2.24, 2.45) is 0 Å². The van der Waals surface area contributed by atoms with E-state index in [9.17, 15) is 9.59 Å². The number of aromatic hydroxyl groups is 1. The number of nitrogens with one attached hydrogen (secondary N) is 1. The molecule has 38 heavy (non-hydrogen) atoms. The van der Waals surface area contributed by atoms with Gasteiger partial charge in [0.25, 0.3) is 0 Å². The third-order valence-corrected chi connectivity index (χ3v) is 5.35. The third-order valence-electron chi connectivity index (χ3n) is 4.46. The minimum absolute atomic E-state index is 0. The van der Waals surface area contributed by atoms with Gasteiger partial charge < -0.3 is 20.6 Å². The van der Waals surface area contributed by atoms with Gasteiger partial charge in [-0.15, -0.1) is 12.6 Å². The van der Waals surface area contributed by atoms with Crippen LogP contribution in [0.15, 0.2) is 53.4 Å². The predicted octanol–water partition coefficient (Wildman–Crippen LogP) is 7.47. The fourth-order valence-corrected chi connectivity index (χ4v) is 2.12. The summed E-state index contributed by atoms with van der Waals surface area (Å²) in [6, 6.07) is 15.5. The Hall–Kier alpha value is -2.16. The second kappa shape index (κ2) is 32.9. The quantitative estimate of drug-likeness (QED) is 0.201. The molecule has 1 unspecified atom stereocenters. The van der Waals surface area contributed by atoms with E-state index < -0.39 is 5.97 Å². The van der Waals surface area contributed by atoms with Crippen LogP contribution in [0.2, 0.25) is 0 Å². The van der Waals surface area contributed by atoms with Crippen LogP contribution in [0.1, 0.15) is 86.7 Å². The van der Waals surface area contributed by atoms with Gasteiger partial charge in [-0.3, -0.25) is 9.59 Å². The lowest BCUT2D eigenvalue weighted by molar-refractivity contribution is -0.136. The van der Waals surface area contributed by atoms with E-state index in [2.05, 4.69) is 50.5 Å². The van der Waals surface area contributed by atoms with Gasteiger partial charge in [-0.25, -0.2) is 0 Å². The van der Waals surface area contributed by atoms with Crippen LogP contribution < -0.4 is 5.32 Å². The van der Waals surface area contributed by atoms with Crippen molar-refractivity contribution in [2.45, 2.75) is 98.0 Å². The lowest BCUT2D eigenvalue weighted by Crippen LogP contribution is -2.15. The number of aliphatic hydroxyl groups is 1. The van der Waals surface area contributed by atoms with Gasteiger partial charge in [0.05, 0.1) is 6.10 Å². The van der Waals surface area contributed by atoms with Crippen molar-refractivity contribution in [3.63, 3.8) is 0 Å². The molecule has 2 aromatic carbocycles. The number of carboxylic acid groups (broad SMARTS) is 1. The number of aliphatic hydroxyl groups excluding tert-OH is 1. The highest BCUT2D eigenvalue weighted by Gasteiger charge is 1.92. The Morgan fingerprint density at radius 1 is 0.895 bits per heavy atom. The molecule has 0 saturated carbocycles. The minimum atomic E-state index is -0.745. The van der Waals surface area contributed by atoms with Crippen molar-refractivity contribution in [1.29, 1.82) is 0 Å². The first kappa shape index (κ1) is 42.9. The molecule has 0 aliphatic heterocycles. The summed E-state index contributed by atoms with van der Waals surface area (Å²) >= 11 is 8.20. The van der Waals surface area contributed by atoms with E-state index in [0.29, 0.717) is 12.2 Å². The summed E-state index contributed by atoms with van der Waals surface area (Å²) in [5.41, 5.74) is 2.33. The standard InChI is InChI=1S/C8H10O.C8H10S.C4H9NO.C4H10O.C3H6O2.C3H8S.H2/c2*1-2-7-5-3-4-6-8(7)9;1-3-4(6)5-2;1-3-4(2)5;1-2-3(4)5;1-2-3-4;/h2*3-6,9H,2H2,1H3;3H2,1-2H3,(H,5,6);4-5H,3H2,1-2H3;2H2,1H3,(H,4,5);4H,2-3H2,1H3;1H. The Kier molecular flexibility index (Phi) is 37.1. The number of hydrogen-bond donors (Lipinski definition) is 6. The van der Waals surface area contributed by atoms with E-state index >= 15 is 0 Å². The van der Waals surface area contributed by atoms with Gasteiger partial charge in [0, 0.05) is 26.2 Å².